The Kier molecular flexibility index (Phi) is 3.76. The van der Waals surface area contributed by atoms with E-state index in [2.05, 4.69) is 20.8 Å². The fourth-order valence-electron chi connectivity index (χ4n) is 1.92. The molecule has 0 saturated carbocycles. The molecule has 6 nitrogen and oxygen atoms in total. The van der Waals surface area contributed by atoms with Crippen LogP contribution >= 0.6 is 11.6 Å². The van der Waals surface area contributed by atoms with Crippen LogP contribution in [0, 0.1) is 0 Å². The maximum Gasteiger partial charge on any atom is 0.314 e. The Balaban J connectivity index is 1.67. The van der Waals surface area contributed by atoms with E-state index >= 15 is 0 Å². The molecule has 3 aromatic rings. The molecule has 0 aliphatic carbocycles. The molecule has 0 unspecified atom stereocenters. The first-order valence-corrected chi connectivity index (χ1v) is 6.81. The van der Waals surface area contributed by atoms with Gasteiger partial charge in [-0.3, -0.25) is 14.7 Å². The van der Waals surface area contributed by atoms with Gasteiger partial charge in [0, 0.05) is 21.8 Å². The van der Waals surface area contributed by atoms with Gasteiger partial charge in [-0.15, -0.1) is 0 Å². The summed E-state index contributed by atoms with van der Waals surface area (Å²) in [5.41, 5.74) is 1.78. The van der Waals surface area contributed by atoms with Crippen LogP contribution in [-0.2, 0) is 9.59 Å². The molecular weight excluding hydrogens is 304 g/mol. The molecule has 22 heavy (non-hydrogen) atoms. The van der Waals surface area contributed by atoms with E-state index in [1.54, 1.807) is 48.7 Å². The van der Waals surface area contributed by atoms with E-state index in [9.17, 15) is 9.59 Å². The largest absolute Gasteiger partial charge is 0.318 e. The van der Waals surface area contributed by atoms with Crippen molar-refractivity contribution < 1.29 is 9.59 Å². The number of benzene rings is 2. The number of aromatic amines is 1. The fraction of sp³-hybridized carbons (Fsp3) is 0. The van der Waals surface area contributed by atoms with Crippen LogP contribution in [0.1, 0.15) is 0 Å². The van der Waals surface area contributed by atoms with Gasteiger partial charge in [0.2, 0.25) is 0 Å². The molecular formula is C15H11ClN4O2. The summed E-state index contributed by atoms with van der Waals surface area (Å²) < 4.78 is 0. The topological polar surface area (TPSA) is 86.9 Å². The lowest BCUT2D eigenvalue weighted by molar-refractivity contribution is -0.132. The van der Waals surface area contributed by atoms with E-state index in [0.29, 0.717) is 16.4 Å². The van der Waals surface area contributed by atoms with Gasteiger partial charge in [-0.25, -0.2) is 0 Å². The monoisotopic (exact) mass is 314 g/mol. The van der Waals surface area contributed by atoms with Crippen LogP contribution in [0.15, 0.2) is 48.7 Å². The summed E-state index contributed by atoms with van der Waals surface area (Å²) in [6, 6.07) is 11.7. The summed E-state index contributed by atoms with van der Waals surface area (Å²) in [7, 11) is 0. The van der Waals surface area contributed by atoms with Crippen molar-refractivity contribution in [1.82, 2.24) is 10.2 Å². The van der Waals surface area contributed by atoms with Gasteiger partial charge in [-0.2, -0.15) is 5.10 Å². The lowest BCUT2D eigenvalue weighted by Gasteiger charge is -2.06. The Hall–Kier alpha value is -2.86. The molecule has 2 aromatic carbocycles. The number of fused-ring (bicyclic) bond motifs is 1. The predicted molar refractivity (Wildman–Crippen MR) is 84.8 cm³/mol. The highest BCUT2D eigenvalue weighted by molar-refractivity contribution is 6.43. The summed E-state index contributed by atoms with van der Waals surface area (Å²) in [4.78, 5) is 23.7. The Morgan fingerprint density at radius 3 is 2.32 bits per heavy atom. The number of hydrogen-bond donors (Lipinski definition) is 3. The SMILES string of the molecule is O=C(Nc1ccc(Cl)cc1)C(=O)Nc1ccc2cn[nH]c2c1. The van der Waals surface area contributed by atoms with Gasteiger partial charge in [-0.1, -0.05) is 11.6 Å². The quantitative estimate of drug-likeness (QED) is 0.636. The Morgan fingerprint density at radius 2 is 1.59 bits per heavy atom. The Labute approximate surface area is 130 Å². The number of anilines is 2. The van der Waals surface area contributed by atoms with E-state index < -0.39 is 11.8 Å². The first-order chi connectivity index (χ1) is 10.6. The van der Waals surface area contributed by atoms with E-state index in [1.807, 2.05) is 0 Å². The molecule has 2 amide bonds. The van der Waals surface area contributed by atoms with Crippen LogP contribution in [0.4, 0.5) is 11.4 Å². The summed E-state index contributed by atoms with van der Waals surface area (Å²) in [5, 5.41) is 13.2. The average molecular weight is 315 g/mol. The van der Waals surface area contributed by atoms with E-state index in [4.69, 9.17) is 11.6 Å². The van der Waals surface area contributed by atoms with Gasteiger partial charge in [0.1, 0.15) is 0 Å². The summed E-state index contributed by atoms with van der Waals surface area (Å²) >= 11 is 5.76. The van der Waals surface area contributed by atoms with Crippen LogP contribution in [-0.4, -0.2) is 22.0 Å². The van der Waals surface area contributed by atoms with Gasteiger partial charge >= 0.3 is 11.8 Å². The molecule has 0 aliphatic rings. The van der Waals surface area contributed by atoms with E-state index in [1.165, 1.54) is 0 Å². The zero-order valence-electron chi connectivity index (χ0n) is 11.3. The van der Waals surface area contributed by atoms with Gasteiger partial charge < -0.3 is 10.6 Å². The zero-order chi connectivity index (χ0) is 15.5. The van der Waals surface area contributed by atoms with Crippen molar-refractivity contribution in [2.45, 2.75) is 0 Å². The zero-order valence-corrected chi connectivity index (χ0v) is 12.0. The van der Waals surface area contributed by atoms with Crippen LogP contribution in [0.25, 0.3) is 10.9 Å². The molecule has 7 heteroatoms. The second kappa shape index (κ2) is 5.87. The highest BCUT2D eigenvalue weighted by Crippen LogP contribution is 2.17. The maximum atomic E-state index is 11.9. The number of rotatable bonds is 2. The summed E-state index contributed by atoms with van der Waals surface area (Å²) in [5.74, 6) is -1.51. The normalized spacial score (nSPS) is 10.4. The first kappa shape index (κ1) is 14.1. The number of halogens is 1. The van der Waals surface area contributed by atoms with E-state index in [0.717, 1.165) is 10.9 Å². The summed E-state index contributed by atoms with van der Waals surface area (Å²) in [6.45, 7) is 0. The number of amides is 2. The van der Waals surface area contributed by atoms with Gasteiger partial charge in [0.05, 0.1) is 11.7 Å². The minimum atomic E-state index is -0.757. The van der Waals surface area contributed by atoms with Crippen molar-refractivity contribution in [3.05, 3.63) is 53.7 Å². The molecule has 3 rings (SSSR count). The molecule has 1 heterocycles. The number of H-pyrrole nitrogens is 1. The second-order valence-corrected chi connectivity index (χ2v) is 5.02. The smallest absolute Gasteiger partial charge is 0.314 e. The number of carbonyl (C=O) groups excluding carboxylic acids is 2. The van der Waals surface area contributed by atoms with E-state index in [-0.39, 0.29) is 0 Å². The van der Waals surface area contributed by atoms with Crippen molar-refractivity contribution in [2.24, 2.45) is 0 Å². The maximum absolute atomic E-state index is 11.9. The predicted octanol–water partition coefficient (Wildman–Crippen LogP) is 2.79. The number of carbonyl (C=O) groups is 2. The first-order valence-electron chi connectivity index (χ1n) is 6.43. The molecule has 0 saturated heterocycles. The molecule has 1 aromatic heterocycles. The standard InChI is InChI=1S/C15H11ClN4O2/c16-10-2-5-11(6-3-10)18-14(21)15(22)19-12-4-1-9-8-17-20-13(9)7-12/h1-8H,(H,17,20)(H,18,21)(H,19,22). The molecule has 0 spiro atoms. The van der Waals surface area contributed by atoms with Crippen LogP contribution < -0.4 is 10.6 Å². The number of hydrogen-bond acceptors (Lipinski definition) is 3. The fourth-order valence-corrected chi connectivity index (χ4v) is 2.05. The second-order valence-electron chi connectivity index (χ2n) is 4.59. The van der Waals surface area contributed by atoms with Crippen molar-refractivity contribution in [1.29, 1.82) is 0 Å². The highest BCUT2D eigenvalue weighted by Gasteiger charge is 2.14. The van der Waals surface area contributed by atoms with Crippen LogP contribution in [0.3, 0.4) is 0 Å². The molecule has 0 atom stereocenters. The average Bonchev–Trinajstić information content (AvgIpc) is 2.97. The van der Waals surface area contributed by atoms with Gasteiger partial charge in [-0.05, 0) is 42.5 Å². The van der Waals surface area contributed by atoms with Crippen LogP contribution in [0.5, 0.6) is 0 Å². The minimum Gasteiger partial charge on any atom is -0.318 e. The third kappa shape index (κ3) is 3.07. The lowest BCUT2D eigenvalue weighted by Crippen LogP contribution is -2.29. The van der Waals surface area contributed by atoms with Crippen molar-refractivity contribution >= 4 is 45.7 Å². The van der Waals surface area contributed by atoms with Gasteiger partial charge in [0.25, 0.3) is 0 Å². The lowest BCUT2D eigenvalue weighted by atomic mass is 10.2. The highest BCUT2D eigenvalue weighted by atomic mass is 35.5. The molecule has 0 aliphatic heterocycles. The van der Waals surface area contributed by atoms with Gasteiger partial charge in [0.15, 0.2) is 0 Å². The molecule has 0 fully saturated rings. The third-order valence-electron chi connectivity index (χ3n) is 3.01. The number of aromatic nitrogens is 2. The molecule has 0 bridgehead atoms. The third-order valence-corrected chi connectivity index (χ3v) is 3.26. The molecule has 3 N–H and O–H groups in total. The Bertz CT molecular complexity index is 842. The van der Waals surface area contributed by atoms with Crippen molar-refractivity contribution in [2.75, 3.05) is 10.6 Å². The minimum absolute atomic E-state index is 0.494. The number of nitrogens with zero attached hydrogens (tertiary/aromatic N) is 1. The van der Waals surface area contributed by atoms with Crippen molar-refractivity contribution in [3.63, 3.8) is 0 Å². The Morgan fingerprint density at radius 1 is 0.955 bits per heavy atom. The molecule has 110 valence electrons. The van der Waals surface area contributed by atoms with Crippen LogP contribution in [0.2, 0.25) is 5.02 Å². The van der Waals surface area contributed by atoms with Crippen molar-refractivity contribution in [3.8, 4) is 0 Å². The molecule has 0 radical (unpaired) electrons. The summed E-state index contributed by atoms with van der Waals surface area (Å²) in [6.07, 6.45) is 1.67. The number of nitrogens with one attached hydrogen (secondary N) is 3.